The number of rotatable bonds is 4. The van der Waals surface area contributed by atoms with Crippen molar-refractivity contribution in [3.8, 4) is 0 Å². The first-order valence-corrected chi connectivity index (χ1v) is 9.83. The van der Waals surface area contributed by atoms with E-state index in [1.807, 2.05) is 0 Å². The van der Waals surface area contributed by atoms with Gasteiger partial charge in [-0.05, 0) is 72.2 Å². The fourth-order valence-electron chi connectivity index (χ4n) is 5.31. The summed E-state index contributed by atoms with van der Waals surface area (Å²) in [7, 11) is 0. The summed E-state index contributed by atoms with van der Waals surface area (Å²) >= 11 is 0. The summed E-state index contributed by atoms with van der Waals surface area (Å²) in [6, 6.07) is 9.24. The number of hydrogen-bond donors (Lipinski definition) is 0. The molecule has 1 saturated heterocycles. The Labute approximate surface area is 149 Å². The molecule has 1 heteroatoms. The van der Waals surface area contributed by atoms with E-state index < -0.39 is 0 Å². The topological polar surface area (TPSA) is 3.24 Å². The van der Waals surface area contributed by atoms with Gasteiger partial charge in [-0.3, -0.25) is 0 Å². The fraction of sp³-hybridized carbons (Fsp3) is 0.652. The number of likely N-dealkylation sites (tertiary alicyclic amines) is 1. The Kier molecular flexibility index (Phi) is 4.93. The molecule has 1 unspecified atom stereocenters. The molecule has 1 atom stereocenters. The summed E-state index contributed by atoms with van der Waals surface area (Å²) in [6.07, 6.45) is 7.63. The summed E-state index contributed by atoms with van der Waals surface area (Å²) in [6.45, 7) is 15.7. The van der Waals surface area contributed by atoms with E-state index in [2.05, 4.69) is 69.9 Å². The van der Waals surface area contributed by atoms with Gasteiger partial charge in [0.2, 0.25) is 0 Å². The Bertz CT molecular complexity index is 608. The highest BCUT2D eigenvalue weighted by molar-refractivity contribution is 5.71. The van der Waals surface area contributed by atoms with Crippen molar-refractivity contribution in [2.24, 2.45) is 10.8 Å². The Morgan fingerprint density at radius 2 is 1.88 bits per heavy atom. The maximum Gasteiger partial charge on any atom is 0.00510 e. The van der Waals surface area contributed by atoms with Crippen LogP contribution >= 0.6 is 0 Å². The Hall–Kier alpha value is -1.08. The van der Waals surface area contributed by atoms with Crippen LogP contribution in [0.15, 0.2) is 30.3 Å². The van der Waals surface area contributed by atoms with Gasteiger partial charge in [0.15, 0.2) is 0 Å². The van der Waals surface area contributed by atoms with Crippen LogP contribution in [0.25, 0.3) is 5.57 Å². The minimum atomic E-state index is 0.300. The molecule has 24 heavy (non-hydrogen) atoms. The predicted molar refractivity (Wildman–Crippen MR) is 105 cm³/mol. The molecule has 0 bridgehead atoms. The van der Waals surface area contributed by atoms with E-state index in [1.165, 1.54) is 50.9 Å². The lowest BCUT2D eigenvalue weighted by Crippen LogP contribution is -2.27. The molecule has 132 valence electrons. The molecule has 0 saturated carbocycles. The van der Waals surface area contributed by atoms with E-state index in [0.29, 0.717) is 16.7 Å². The molecular weight excluding hydrogens is 290 g/mol. The van der Waals surface area contributed by atoms with Crippen molar-refractivity contribution in [1.29, 1.82) is 0 Å². The minimum Gasteiger partial charge on any atom is -0.303 e. The molecule has 1 aromatic carbocycles. The molecular formula is C23H35N. The van der Waals surface area contributed by atoms with Gasteiger partial charge in [0, 0.05) is 6.54 Å². The fourth-order valence-corrected chi connectivity index (χ4v) is 5.31. The molecule has 0 spiro atoms. The summed E-state index contributed by atoms with van der Waals surface area (Å²) in [5.74, 6) is 0.710. The van der Waals surface area contributed by atoms with Crippen LogP contribution in [0.4, 0.5) is 0 Å². The monoisotopic (exact) mass is 325 g/mol. The molecule has 1 heterocycles. The summed E-state index contributed by atoms with van der Waals surface area (Å²) in [4.78, 5) is 2.64. The van der Waals surface area contributed by atoms with Gasteiger partial charge in [-0.15, -0.1) is 0 Å². The Morgan fingerprint density at radius 3 is 2.58 bits per heavy atom. The number of allylic oxidation sites excluding steroid dienone is 2. The zero-order valence-corrected chi connectivity index (χ0v) is 16.4. The standard InChI is InChI=1S/C23H35N/c1-6-12-24-13-11-18(16-24)20-9-7-8-10-21(20)19-14-22(2,3)17-23(4,5)15-19/h7-10,14,18H,6,11-13,15-17H2,1-5H3. The third-order valence-electron chi connectivity index (χ3n) is 5.73. The molecule has 3 rings (SSSR count). The molecule has 2 aliphatic rings. The second-order valence-electron chi connectivity index (χ2n) is 9.55. The maximum absolute atomic E-state index is 2.64. The third-order valence-corrected chi connectivity index (χ3v) is 5.73. The van der Waals surface area contributed by atoms with Gasteiger partial charge in [0.1, 0.15) is 0 Å². The van der Waals surface area contributed by atoms with Gasteiger partial charge in [-0.25, -0.2) is 0 Å². The molecule has 0 N–H and O–H groups in total. The molecule has 1 aliphatic heterocycles. The van der Waals surface area contributed by atoms with Gasteiger partial charge >= 0.3 is 0 Å². The first-order chi connectivity index (χ1) is 11.3. The van der Waals surface area contributed by atoms with Crippen molar-refractivity contribution in [3.05, 3.63) is 41.5 Å². The van der Waals surface area contributed by atoms with Crippen molar-refractivity contribution < 1.29 is 0 Å². The first-order valence-electron chi connectivity index (χ1n) is 9.83. The SMILES string of the molecule is CCCN1CCC(c2ccccc2C2=CC(C)(C)CC(C)(C)C2)C1. The van der Waals surface area contributed by atoms with Crippen LogP contribution in [0.1, 0.15) is 77.3 Å². The smallest absolute Gasteiger partial charge is 0.00510 e. The zero-order chi connectivity index (χ0) is 17.4. The van der Waals surface area contributed by atoms with E-state index in [9.17, 15) is 0 Å². The van der Waals surface area contributed by atoms with Crippen molar-refractivity contribution in [2.75, 3.05) is 19.6 Å². The predicted octanol–water partition coefficient (Wildman–Crippen LogP) is 6.12. The molecule has 1 aromatic rings. The van der Waals surface area contributed by atoms with Crippen LogP contribution in [-0.2, 0) is 0 Å². The quantitative estimate of drug-likeness (QED) is 0.645. The Balaban J connectivity index is 1.91. The summed E-state index contributed by atoms with van der Waals surface area (Å²) in [5, 5.41) is 0. The van der Waals surface area contributed by atoms with Gasteiger partial charge in [-0.2, -0.15) is 0 Å². The van der Waals surface area contributed by atoms with Crippen molar-refractivity contribution in [1.82, 2.24) is 4.90 Å². The highest BCUT2D eigenvalue weighted by Crippen LogP contribution is 2.48. The molecule has 0 amide bonds. The highest BCUT2D eigenvalue weighted by Gasteiger charge is 2.35. The second-order valence-corrected chi connectivity index (χ2v) is 9.55. The van der Waals surface area contributed by atoms with E-state index in [1.54, 1.807) is 11.1 Å². The lowest BCUT2D eigenvalue weighted by Gasteiger charge is -2.40. The number of nitrogens with zero attached hydrogens (tertiary/aromatic N) is 1. The van der Waals surface area contributed by atoms with Crippen molar-refractivity contribution in [2.45, 2.75) is 66.2 Å². The van der Waals surface area contributed by atoms with Crippen LogP contribution < -0.4 is 0 Å². The highest BCUT2D eigenvalue weighted by atomic mass is 15.1. The number of benzene rings is 1. The average molecular weight is 326 g/mol. The molecule has 1 nitrogen and oxygen atoms in total. The van der Waals surface area contributed by atoms with Gasteiger partial charge in [0.05, 0.1) is 0 Å². The van der Waals surface area contributed by atoms with Crippen molar-refractivity contribution >= 4 is 5.57 Å². The third kappa shape index (κ3) is 3.94. The lowest BCUT2D eigenvalue weighted by atomic mass is 9.65. The van der Waals surface area contributed by atoms with Crippen LogP contribution in [0.2, 0.25) is 0 Å². The molecule has 1 fully saturated rings. The largest absolute Gasteiger partial charge is 0.303 e. The van der Waals surface area contributed by atoms with E-state index in [4.69, 9.17) is 0 Å². The van der Waals surface area contributed by atoms with Crippen LogP contribution in [0.3, 0.4) is 0 Å². The summed E-state index contributed by atoms with van der Waals surface area (Å²) in [5.41, 5.74) is 5.40. The van der Waals surface area contributed by atoms with Crippen LogP contribution in [0, 0.1) is 10.8 Å². The van der Waals surface area contributed by atoms with Gasteiger partial charge in [0.25, 0.3) is 0 Å². The van der Waals surface area contributed by atoms with Crippen molar-refractivity contribution in [3.63, 3.8) is 0 Å². The molecule has 0 radical (unpaired) electrons. The molecule has 0 aromatic heterocycles. The van der Waals surface area contributed by atoms with Gasteiger partial charge in [-0.1, -0.05) is 65.0 Å². The lowest BCUT2D eigenvalue weighted by molar-refractivity contribution is 0.228. The minimum absolute atomic E-state index is 0.300. The van der Waals surface area contributed by atoms with Gasteiger partial charge < -0.3 is 4.90 Å². The average Bonchev–Trinajstić information content (AvgIpc) is 2.93. The molecule has 1 aliphatic carbocycles. The van der Waals surface area contributed by atoms with E-state index >= 15 is 0 Å². The normalized spacial score (nSPS) is 26.4. The maximum atomic E-state index is 2.64. The van der Waals surface area contributed by atoms with Crippen LogP contribution in [-0.4, -0.2) is 24.5 Å². The second kappa shape index (κ2) is 6.67. The van der Waals surface area contributed by atoms with Crippen LogP contribution in [0.5, 0.6) is 0 Å². The zero-order valence-electron chi connectivity index (χ0n) is 16.4. The number of hydrogen-bond acceptors (Lipinski definition) is 1. The summed E-state index contributed by atoms with van der Waals surface area (Å²) < 4.78 is 0. The Morgan fingerprint density at radius 1 is 1.12 bits per heavy atom. The van der Waals surface area contributed by atoms with E-state index in [0.717, 1.165) is 0 Å². The van der Waals surface area contributed by atoms with E-state index in [-0.39, 0.29) is 0 Å². The first kappa shape index (κ1) is 17.7.